The lowest BCUT2D eigenvalue weighted by molar-refractivity contribution is -0.137. The Balaban J connectivity index is 1.63. The van der Waals surface area contributed by atoms with Crippen molar-refractivity contribution in [1.82, 2.24) is 0 Å². The second-order valence-corrected chi connectivity index (χ2v) is 9.51. The van der Waals surface area contributed by atoms with Crippen molar-refractivity contribution in [2.75, 3.05) is 16.4 Å². The molecule has 0 saturated carbocycles. The third kappa shape index (κ3) is 5.94. The number of nitrogens with zero attached hydrogens (tertiary/aromatic N) is 2. The Morgan fingerprint density at radius 3 is 2.49 bits per heavy atom. The Morgan fingerprint density at radius 2 is 1.78 bits per heavy atom. The summed E-state index contributed by atoms with van der Waals surface area (Å²) in [5.41, 5.74) is 2.86. The minimum atomic E-state index is -0.872. The molecule has 192 valence electrons. The van der Waals surface area contributed by atoms with Gasteiger partial charge >= 0.3 is 5.97 Å². The predicted octanol–water partition coefficient (Wildman–Crippen LogP) is 6.12. The highest BCUT2D eigenvalue weighted by molar-refractivity contribution is 6.30. The summed E-state index contributed by atoms with van der Waals surface area (Å²) in [6, 6.07) is 21.3. The Labute approximate surface area is 221 Å². The molecule has 2 amide bonds. The first-order chi connectivity index (χ1) is 17.8. The second kappa shape index (κ2) is 11.5. The number of fused-ring (bicyclic) bond motifs is 1. The molecule has 0 radical (unpaired) electrons. The average Bonchev–Trinajstić information content (AvgIpc) is 2.87. The molecule has 1 heterocycles. The van der Waals surface area contributed by atoms with E-state index in [1.807, 2.05) is 43.3 Å². The fourth-order valence-electron chi connectivity index (χ4n) is 4.79. The molecule has 4 rings (SSSR count). The zero-order chi connectivity index (χ0) is 26.5. The number of anilines is 2. The van der Waals surface area contributed by atoms with Crippen molar-refractivity contribution in [3.8, 4) is 5.75 Å². The van der Waals surface area contributed by atoms with Gasteiger partial charge in [-0.25, -0.2) is 0 Å². The smallest absolute Gasteiger partial charge is 0.303 e. The quantitative estimate of drug-likeness (QED) is 0.362. The fraction of sp³-hybridized carbons (Fsp3) is 0.276. The van der Waals surface area contributed by atoms with E-state index < -0.39 is 5.97 Å². The van der Waals surface area contributed by atoms with Crippen LogP contribution in [0.15, 0.2) is 72.8 Å². The molecule has 0 aliphatic carbocycles. The van der Waals surface area contributed by atoms with E-state index in [0.29, 0.717) is 29.2 Å². The van der Waals surface area contributed by atoms with Crippen molar-refractivity contribution >= 4 is 40.8 Å². The molecular formula is C29H29ClN2O5. The van der Waals surface area contributed by atoms with Gasteiger partial charge < -0.3 is 19.6 Å². The number of carboxylic acid groups (broad SMARTS) is 1. The van der Waals surface area contributed by atoms with Crippen LogP contribution in [0.5, 0.6) is 5.75 Å². The summed E-state index contributed by atoms with van der Waals surface area (Å²) in [4.78, 5) is 40.9. The van der Waals surface area contributed by atoms with E-state index >= 15 is 0 Å². The molecule has 0 spiro atoms. The van der Waals surface area contributed by atoms with E-state index in [2.05, 4.69) is 0 Å². The summed E-state index contributed by atoms with van der Waals surface area (Å²) in [6.45, 7) is 3.77. The lowest BCUT2D eigenvalue weighted by Gasteiger charge is -2.43. The summed E-state index contributed by atoms with van der Waals surface area (Å²) in [5.74, 6) is -0.627. The van der Waals surface area contributed by atoms with Crippen LogP contribution in [0, 0.1) is 0 Å². The molecule has 0 aromatic heterocycles. The number of aliphatic carboxylic acids is 1. The predicted molar refractivity (Wildman–Crippen MR) is 143 cm³/mol. The second-order valence-electron chi connectivity index (χ2n) is 9.07. The summed E-state index contributed by atoms with van der Waals surface area (Å²) >= 11 is 6.08. The van der Waals surface area contributed by atoms with Gasteiger partial charge in [-0.05, 0) is 73.9 Å². The van der Waals surface area contributed by atoms with Gasteiger partial charge in [0.05, 0.1) is 12.6 Å². The van der Waals surface area contributed by atoms with Crippen molar-refractivity contribution < 1.29 is 24.2 Å². The van der Waals surface area contributed by atoms with Crippen molar-refractivity contribution in [2.24, 2.45) is 0 Å². The summed E-state index contributed by atoms with van der Waals surface area (Å²) in [5, 5.41) is 9.40. The molecule has 1 aliphatic heterocycles. The third-order valence-corrected chi connectivity index (χ3v) is 6.67. The van der Waals surface area contributed by atoms with Crippen LogP contribution in [-0.2, 0) is 9.59 Å². The van der Waals surface area contributed by atoms with Gasteiger partial charge in [0.25, 0.3) is 5.91 Å². The summed E-state index contributed by atoms with van der Waals surface area (Å²) in [6.07, 6.45) is 0.956. The maximum Gasteiger partial charge on any atom is 0.303 e. The SMILES string of the molecule is CC(=O)N(c1ccc(Cl)cc1)C1CC(C)N(C(=O)c2cccc(OCCCC(=O)O)c2)c2ccccc21. The van der Waals surface area contributed by atoms with Crippen LogP contribution in [0.3, 0.4) is 0 Å². The Hall–Kier alpha value is -3.84. The maximum absolute atomic E-state index is 13.8. The van der Waals surface area contributed by atoms with Crippen LogP contribution in [0.2, 0.25) is 5.02 Å². The zero-order valence-electron chi connectivity index (χ0n) is 20.8. The van der Waals surface area contributed by atoms with Gasteiger partial charge in [0.1, 0.15) is 5.75 Å². The average molecular weight is 521 g/mol. The molecule has 3 aromatic carbocycles. The largest absolute Gasteiger partial charge is 0.494 e. The van der Waals surface area contributed by atoms with E-state index in [9.17, 15) is 14.4 Å². The number of carboxylic acids is 1. The normalized spacial score (nSPS) is 16.6. The number of hydrogen-bond acceptors (Lipinski definition) is 4. The molecule has 0 saturated heterocycles. The lowest BCUT2D eigenvalue weighted by Crippen LogP contribution is -2.47. The molecule has 1 aliphatic rings. The maximum atomic E-state index is 13.8. The number of ether oxygens (including phenoxy) is 1. The van der Waals surface area contributed by atoms with Gasteiger partial charge in [-0.3, -0.25) is 14.4 Å². The first-order valence-electron chi connectivity index (χ1n) is 12.2. The highest BCUT2D eigenvalue weighted by Crippen LogP contribution is 2.43. The van der Waals surface area contributed by atoms with Gasteiger partial charge in [-0.15, -0.1) is 0 Å². The topological polar surface area (TPSA) is 87.2 Å². The number of benzene rings is 3. The van der Waals surface area contributed by atoms with Gasteiger partial charge in [0.2, 0.25) is 5.91 Å². The Kier molecular flexibility index (Phi) is 8.14. The van der Waals surface area contributed by atoms with Crippen molar-refractivity contribution in [2.45, 2.75) is 45.2 Å². The molecule has 7 nitrogen and oxygen atoms in total. The third-order valence-electron chi connectivity index (χ3n) is 6.42. The van der Waals surface area contributed by atoms with Crippen molar-refractivity contribution in [3.63, 3.8) is 0 Å². The van der Waals surface area contributed by atoms with Crippen LogP contribution in [0.1, 0.15) is 55.1 Å². The van der Waals surface area contributed by atoms with Crippen LogP contribution < -0.4 is 14.5 Å². The van der Waals surface area contributed by atoms with E-state index in [1.165, 1.54) is 0 Å². The van der Waals surface area contributed by atoms with E-state index in [0.717, 1.165) is 16.9 Å². The highest BCUT2D eigenvalue weighted by atomic mass is 35.5. The van der Waals surface area contributed by atoms with Gasteiger partial charge in [0.15, 0.2) is 0 Å². The number of carbonyl (C=O) groups excluding carboxylic acids is 2. The molecule has 1 N–H and O–H groups in total. The van der Waals surface area contributed by atoms with E-state index in [4.69, 9.17) is 21.4 Å². The first kappa shape index (κ1) is 26.2. The molecular weight excluding hydrogens is 492 g/mol. The summed E-state index contributed by atoms with van der Waals surface area (Å²) < 4.78 is 5.68. The molecule has 37 heavy (non-hydrogen) atoms. The molecule has 3 aromatic rings. The first-order valence-corrected chi connectivity index (χ1v) is 12.6. The Morgan fingerprint density at radius 1 is 1.05 bits per heavy atom. The molecule has 2 atom stereocenters. The molecule has 8 heteroatoms. The minimum absolute atomic E-state index is 0.0230. The number of amides is 2. The monoisotopic (exact) mass is 520 g/mol. The molecule has 2 unspecified atom stereocenters. The van der Waals surface area contributed by atoms with Crippen molar-refractivity contribution in [3.05, 3.63) is 88.9 Å². The van der Waals surface area contributed by atoms with Gasteiger partial charge in [-0.1, -0.05) is 35.9 Å². The standard InChI is InChI=1S/C29H29ClN2O5/c1-19-17-27(32(20(2)33)23-14-12-22(30)13-15-23)25-9-3-4-10-26(25)31(19)29(36)21-7-5-8-24(18-21)37-16-6-11-28(34)35/h3-5,7-10,12-15,18-19,27H,6,11,16-17H2,1-2H3,(H,34,35). The number of carbonyl (C=O) groups is 3. The van der Waals surface area contributed by atoms with Crippen molar-refractivity contribution in [1.29, 1.82) is 0 Å². The number of hydrogen-bond donors (Lipinski definition) is 1. The van der Waals surface area contributed by atoms with E-state index in [1.54, 1.807) is 53.1 Å². The zero-order valence-corrected chi connectivity index (χ0v) is 21.5. The van der Waals surface area contributed by atoms with Crippen LogP contribution in [0.4, 0.5) is 11.4 Å². The number of rotatable bonds is 8. The molecule has 0 fully saturated rings. The van der Waals surface area contributed by atoms with Gasteiger partial charge in [0, 0.05) is 41.3 Å². The fourth-order valence-corrected chi connectivity index (χ4v) is 4.92. The molecule has 0 bridgehead atoms. The minimum Gasteiger partial charge on any atom is -0.494 e. The lowest BCUT2D eigenvalue weighted by atomic mass is 9.89. The van der Waals surface area contributed by atoms with Gasteiger partial charge in [-0.2, -0.15) is 0 Å². The van der Waals surface area contributed by atoms with Crippen LogP contribution >= 0.6 is 11.6 Å². The van der Waals surface area contributed by atoms with Crippen LogP contribution in [0.25, 0.3) is 0 Å². The summed E-state index contributed by atoms with van der Waals surface area (Å²) in [7, 11) is 0. The number of para-hydroxylation sites is 1. The highest BCUT2D eigenvalue weighted by Gasteiger charge is 2.38. The van der Waals surface area contributed by atoms with Crippen LogP contribution in [-0.4, -0.2) is 35.5 Å². The van der Waals surface area contributed by atoms with E-state index in [-0.39, 0.29) is 36.9 Å². The Bertz CT molecular complexity index is 1290. The number of halogens is 1.